The number of nitrogens with one attached hydrogen (secondary N) is 3. The summed E-state index contributed by atoms with van der Waals surface area (Å²) in [5.41, 5.74) is -0.663. The number of rotatable bonds is 13. The number of nitrogens with zero attached hydrogens (tertiary/aromatic N) is 9. The second-order valence-corrected chi connectivity index (χ2v) is 14.6. The van der Waals surface area contributed by atoms with Crippen molar-refractivity contribution in [2.45, 2.75) is 29.2 Å². The number of tetrazole rings is 1. The van der Waals surface area contributed by atoms with E-state index in [-0.39, 0.29) is 50.3 Å². The first-order valence-corrected chi connectivity index (χ1v) is 18.7. The molecule has 6 N–H and O–H groups in total. The van der Waals surface area contributed by atoms with Gasteiger partial charge in [0.25, 0.3) is 11.8 Å². The van der Waals surface area contributed by atoms with Crippen LogP contribution in [0.25, 0.3) is 11.0 Å². The molecule has 3 aliphatic rings. The van der Waals surface area contributed by atoms with E-state index >= 15 is 0 Å². The maximum atomic E-state index is 13.9. The Labute approximate surface area is 322 Å². The molecule has 290 valence electrons. The summed E-state index contributed by atoms with van der Waals surface area (Å²) in [6, 6.07) is 2.66. The van der Waals surface area contributed by atoms with E-state index in [1.54, 1.807) is 4.90 Å². The molecule has 4 aromatic rings. The molecule has 0 radical (unpaired) electrons. The number of hydrogen-bond donors (Lipinski definition) is 6. The number of aliphatic carboxylic acids is 2. The van der Waals surface area contributed by atoms with Crippen molar-refractivity contribution in [3.05, 3.63) is 69.3 Å². The Morgan fingerprint density at radius 3 is 2.54 bits per heavy atom. The second-order valence-electron chi connectivity index (χ2n) is 12.5. The lowest BCUT2D eigenvalue weighted by Gasteiger charge is -2.49. The topological polar surface area (TPSA) is 299 Å². The van der Waals surface area contributed by atoms with Crippen LogP contribution >= 0.6 is 23.5 Å². The van der Waals surface area contributed by atoms with Gasteiger partial charge >= 0.3 is 11.9 Å². The minimum absolute atomic E-state index is 0.00641. The summed E-state index contributed by atoms with van der Waals surface area (Å²) in [6.07, 6.45) is 3.21. The number of benzene rings is 1. The van der Waals surface area contributed by atoms with Gasteiger partial charge in [0.2, 0.25) is 28.9 Å². The van der Waals surface area contributed by atoms with Crippen molar-refractivity contribution in [1.82, 2.24) is 55.6 Å². The molecule has 4 amide bonds. The van der Waals surface area contributed by atoms with E-state index in [0.29, 0.717) is 37.7 Å². The average Bonchev–Trinajstić information content (AvgIpc) is 3.63. The molecule has 2 fully saturated rings. The fraction of sp³-hybridized carbons (Fsp3) is 0.312. The first-order valence-electron chi connectivity index (χ1n) is 16.7. The number of aromatic nitrogens is 7. The molecule has 22 nitrogen and oxygen atoms in total. The smallest absolute Gasteiger partial charge is 0.352 e. The molecule has 3 aromatic heterocycles. The first-order chi connectivity index (χ1) is 26.9. The number of H-pyrrole nitrogens is 1. The highest BCUT2D eigenvalue weighted by Crippen LogP contribution is 2.41. The zero-order valence-corrected chi connectivity index (χ0v) is 30.4. The van der Waals surface area contributed by atoms with E-state index in [2.05, 4.69) is 41.1 Å². The molecule has 0 saturated carbocycles. The number of anilines is 1. The molecule has 0 spiro atoms. The quantitative estimate of drug-likeness (QED) is 0.0502. The highest BCUT2D eigenvalue weighted by molar-refractivity contribution is 8.01. The number of amides is 4. The number of aromatic amines is 1. The molecule has 3 unspecified atom stereocenters. The Bertz CT molecular complexity index is 2340. The van der Waals surface area contributed by atoms with Gasteiger partial charge in [-0.25, -0.2) is 14.5 Å². The van der Waals surface area contributed by atoms with Crippen molar-refractivity contribution in [3.63, 3.8) is 0 Å². The predicted molar refractivity (Wildman–Crippen MR) is 194 cm³/mol. The van der Waals surface area contributed by atoms with Crippen molar-refractivity contribution >= 4 is 76.6 Å². The lowest BCUT2D eigenvalue weighted by Crippen LogP contribution is -2.71. The van der Waals surface area contributed by atoms with E-state index in [9.17, 15) is 43.8 Å². The van der Waals surface area contributed by atoms with Crippen molar-refractivity contribution in [1.29, 1.82) is 0 Å². The van der Waals surface area contributed by atoms with Crippen LogP contribution in [0.3, 0.4) is 0 Å². The fourth-order valence-corrected chi connectivity index (χ4v) is 8.60. The second kappa shape index (κ2) is 15.7. The summed E-state index contributed by atoms with van der Waals surface area (Å²) < 4.78 is 1.04. The van der Waals surface area contributed by atoms with Crippen LogP contribution < -0.4 is 21.0 Å². The number of carbonyl (C=O) groups excluding carboxylic acids is 4. The van der Waals surface area contributed by atoms with Crippen LogP contribution in [0.15, 0.2) is 57.9 Å². The minimum Gasteiger partial charge on any atom is -0.508 e. The van der Waals surface area contributed by atoms with Gasteiger partial charge < -0.3 is 40.7 Å². The zero-order chi connectivity index (χ0) is 39.7. The third-order valence-electron chi connectivity index (χ3n) is 9.08. The summed E-state index contributed by atoms with van der Waals surface area (Å²) in [7, 11) is 0. The van der Waals surface area contributed by atoms with E-state index in [1.807, 2.05) is 4.90 Å². The SMILES string of the molecule is O=CN1CCN(c2ncc3c(=O)c(C(=O)NC(C(=O)NC4C(=O)N5C(C(=O)O)=C(CSc6nnnn6CC(=O)O)CSC45)c4ccc(O)cc4)c[nH]c3n2)CC1. The number of phenolic OH excluding ortho intramolecular Hbond substituents is 1. The number of phenols is 1. The van der Waals surface area contributed by atoms with Gasteiger partial charge in [-0.3, -0.25) is 33.7 Å². The summed E-state index contributed by atoms with van der Waals surface area (Å²) in [5.74, 6) is -4.72. The predicted octanol–water partition coefficient (Wildman–Crippen LogP) is -1.62. The molecule has 0 aliphatic carbocycles. The van der Waals surface area contributed by atoms with Gasteiger partial charge in [-0.1, -0.05) is 23.9 Å². The van der Waals surface area contributed by atoms with Crippen molar-refractivity contribution in [2.75, 3.05) is 42.6 Å². The Kier molecular flexibility index (Phi) is 10.6. The Hall–Kier alpha value is -6.56. The van der Waals surface area contributed by atoms with Gasteiger partial charge in [0.1, 0.15) is 46.7 Å². The molecular weight excluding hydrogens is 777 g/mol. The summed E-state index contributed by atoms with van der Waals surface area (Å²) in [5, 5.41) is 44.4. The van der Waals surface area contributed by atoms with Crippen molar-refractivity contribution < 1.29 is 44.1 Å². The molecule has 0 bridgehead atoms. The van der Waals surface area contributed by atoms with E-state index in [4.69, 9.17) is 5.11 Å². The number of thioether (sulfide) groups is 2. The molecule has 56 heavy (non-hydrogen) atoms. The van der Waals surface area contributed by atoms with Crippen molar-refractivity contribution in [3.8, 4) is 5.75 Å². The van der Waals surface area contributed by atoms with Crippen LogP contribution in [0.1, 0.15) is 22.0 Å². The lowest BCUT2D eigenvalue weighted by atomic mass is 10.0. The zero-order valence-electron chi connectivity index (χ0n) is 28.8. The Morgan fingerprint density at radius 2 is 1.84 bits per heavy atom. The summed E-state index contributed by atoms with van der Waals surface area (Å²) in [6.45, 7) is 1.42. The Morgan fingerprint density at radius 1 is 1.09 bits per heavy atom. The minimum atomic E-state index is -1.48. The molecule has 3 atom stereocenters. The van der Waals surface area contributed by atoms with Gasteiger partial charge in [-0.05, 0) is 33.7 Å². The third kappa shape index (κ3) is 7.42. The molecule has 7 rings (SSSR count). The van der Waals surface area contributed by atoms with Gasteiger partial charge in [0.15, 0.2) is 0 Å². The van der Waals surface area contributed by atoms with E-state index in [0.717, 1.165) is 34.0 Å². The maximum absolute atomic E-state index is 13.9. The monoisotopic (exact) mass is 806 g/mol. The summed E-state index contributed by atoms with van der Waals surface area (Å²) >= 11 is 2.19. The highest BCUT2D eigenvalue weighted by Gasteiger charge is 2.54. The number of carbonyl (C=O) groups is 6. The lowest BCUT2D eigenvalue weighted by molar-refractivity contribution is -0.151. The van der Waals surface area contributed by atoms with Crippen LogP contribution in [0, 0.1) is 0 Å². The number of aromatic hydroxyl groups is 1. The van der Waals surface area contributed by atoms with Crippen LogP contribution in [-0.2, 0) is 30.5 Å². The molecule has 24 heteroatoms. The number of carboxylic acids is 2. The van der Waals surface area contributed by atoms with Gasteiger partial charge in [0.05, 0.1) is 5.39 Å². The van der Waals surface area contributed by atoms with E-state index in [1.165, 1.54) is 42.2 Å². The van der Waals surface area contributed by atoms with Crippen LogP contribution in [0.4, 0.5) is 5.95 Å². The standard InChI is InChI=1S/C32H30N12O10S2/c45-14-41-5-7-42(8-6-41)31-34-9-18-24(49)19(10-33-25(18)37-31)26(50)35-21(15-1-3-17(46)4-2-15)27(51)36-22-28(52)44-23(30(53)54)16(12-55-29(22)44)13-56-32-38-39-40-43(32)11-20(47)48/h1-4,9-10,14,21-22,29,46H,5-8,11-13H2,(H,35,50)(H,36,51)(H,47,48)(H,53,54)(H,33,34,37,49). The highest BCUT2D eigenvalue weighted by atomic mass is 32.2. The van der Waals surface area contributed by atoms with E-state index < -0.39 is 59.1 Å². The number of carboxylic acid groups (broad SMARTS) is 2. The van der Waals surface area contributed by atoms with Crippen LogP contribution in [0.5, 0.6) is 5.75 Å². The molecule has 6 heterocycles. The number of piperazine rings is 1. The van der Waals surface area contributed by atoms with Gasteiger partial charge in [-0.15, -0.1) is 16.9 Å². The number of β-lactam (4-membered cyclic amide) rings is 1. The number of hydrogen-bond acceptors (Lipinski definition) is 16. The van der Waals surface area contributed by atoms with Crippen LogP contribution in [-0.4, -0.2) is 145 Å². The number of fused-ring (bicyclic) bond motifs is 2. The Balaban J connectivity index is 1.07. The van der Waals surface area contributed by atoms with Crippen molar-refractivity contribution in [2.24, 2.45) is 0 Å². The average molecular weight is 807 g/mol. The van der Waals surface area contributed by atoms with Crippen LogP contribution in [0.2, 0.25) is 0 Å². The molecular formula is C32H30N12O10S2. The fourth-order valence-electron chi connectivity index (χ4n) is 6.23. The van der Waals surface area contributed by atoms with Gasteiger partial charge in [0, 0.05) is 50.1 Å². The largest absolute Gasteiger partial charge is 0.508 e. The third-order valence-corrected chi connectivity index (χ3v) is 11.5. The number of pyridine rings is 1. The normalized spacial score (nSPS) is 18.6. The molecule has 3 aliphatic heterocycles. The summed E-state index contributed by atoms with van der Waals surface area (Å²) in [4.78, 5) is 105. The molecule has 2 saturated heterocycles. The first kappa shape index (κ1) is 37.7. The van der Waals surface area contributed by atoms with Gasteiger partial charge in [-0.2, -0.15) is 4.98 Å². The molecule has 1 aromatic carbocycles. The maximum Gasteiger partial charge on any atom is 0.352 e.